The summed E-state index contributed by atoms with van der Waals surface area (Å²) in [6.07, 6.45) is 2.90. The van der Waals surface area contributed by atoms with Gasteiger partial charge >= 0.3 is 0 Å². The van der Waals surface area contributed by atoms with Crippen LogP contribution in [0.25, 0.3) is 22.4 Å². The van der Waals surface area contributed by atoms with Gasteiger partial charge in [0.05, 0.1) is 12.0 Å². The van der Waals surface area contributed by atoms with Crippen molar-refractivity contribution in [1.29, 1.82) is 0 Å². The van der Waals surface area contributed by atoms with E-state index in [1.165, 1.54) is 12.4 Å². The van der Waals surface area contributed by atoms with Crippen LogP contribution in [0.4, 0.5) is 19.1 Å². The minimum absolute atomic E-state index is 0.0506. The van der Waals surface area contributed by atoms with Gasteiger partial charge in [-0.2, -0.15) is 0 Å². The number of hydrogen-bond acceptors (Lipinski definition) is 4. The first-order valence-electron chi connectivity index (χ1n) is 9.03. The minimum Gasteiger partial charge on any atom is -0.337 e. The Bertz CT molecular complexity index is 1260. The summed E-state index contributed by atoms with van der Waals surface area (Å²) < 4.78 is 46.9. The molecule has 4 aromatic rings. The molecule has 0 saturated carbocycles. The van der Waals surface area contributed by atoms with Gasteiger partial charge in [0.15, 0.2) is 17.5 Å². The summed E-state index contributed by atoms with van der Waals surface area (Å²) in [5.74, 6) is -4.93. The van der Waals surface area contributed by atoms with E-state index < -0.39 is 23.4 Å². The molecule has 1 N–H and O–H groups in total. The zero-order valence-electron chi connectivity index (χ0n) is 15.7. The summed E-state index contributed by atoms with van der Waals surface area (Å²) in [6.45, 7) is 0. The molecule has 2 heterocycles. The highest BCUT2D eigenvalue weighted by Crippen LogP contribution is 2.39. The van der Waals surface area contributed by atoms with Crippen LogP contribution in [0, 0.1) is 17.5 Å². The number of rotatable bonds is 5. The van der Waals surface area contributed by atoms with Gasteiger partial charge in [-0.3, -0.25) is 15.1 Å². The third-order valence-corrected chi connectivity index (χ3v) is 4.88. The quantitative estimate of drug-likeness (QED) is 0.404. The number of amides is 1. The normalized spacial score (nSPS) is 10.8. The highest BCUT2D eigenvalue weighted by Gasteiger charge is 2.25. The molecule has 4 rings (SSSR count). The molecule has 9 heteroatoms. The maximum Gasteiger partial charge on any atom is 0.239 e. The third kappa shape index (κ3) is 4.15. The van der Waals surface area contributed by atoms with Crippen LogP contribution in [0.5, 0.6) is 0 Å². The number of aromatic nitrogens is 2. The SMILES string of the molecule is O=C(Cc1ccccc1Cl)Nc1onc(-c2ccc(F)c(F)c2F)c1-c1ccncc1. The number of hydrogen-bond donors (Lipinski definition) is 1. The van der Waals surface area contributed by atoms with Crippen molar-refractivity contribution in [3.8, 4) is 22.4 Å². The largest absolute Gasteiger partial charge is 0.337 e. The summed E-state index contributed by atoms with van der Waals surface area (Å²) >= 11 is 6.10. The molecule has 5 nitrogen and oxygen atoms in total. The van der Waals surface area contributed by atoms with Crippen LogP contribution < -0.4 is 5.32 Å². The maximum atomic E-state index is 14.4. The molecule has 0 saturated heterocycles. The van der Waals surface area contributed by atoms with E-state index in [-0.39, 0.29) is 29.1 Å². The van der Waals surface area contributed by atoms with Crippen molar-refractivity contribution in [2.45, 2.75) is 6.42 Å². The van der Waals surface area contributed by atoms with Gasteiger partial charge in [0.2, 0.25) is 11.8 Å². The number of anilines is 1. The number of nitrogens with one attached hydrogen (secondary N) is 1. The number of carbonyl (C=O) groups excluding carboxylic acids is 1. The molecular formula is C22H13ClF3N3O2. The molecule has 2 aromatic heterocycles. The second kappa shape index (κ2) is 8.61. The van der Waals surface area contributed by atoms with Crippen molar-refractivity contribution in [3.05, 3.63) is 89.0 Å². The molecule has 0 atom stereocenters. The molecule has 1 amide bonds. The smallest absolute Gasteiger partial charge is 0.239 e. The van der Waals surface area contributed by atoms with Crippen LogP contribution in [-0.4, -0.2) is 16.0 Å². The highest BCUT2D eigenvalue weighted by atomic mass is 35.5. The molecule has 31 heavy (non-hydrogen) atoms. The van der Waals surface area contributed by atoms with Crippen LogP contribution in [0.3, 0.4) is 0 Å². The van der Waals surface area contributed by atoms with Crippen LogP contribution in [0.15, 0.2) is 65.4 Å². The molecule has 156 valence electrons. The fraction of sp³-hybridized carbons (Fsp3) is 0.0455. The van der Waals surface area contributed by atoms with Gasteiger partial charge < -0.3 is 4.52 Å². The van der Waals surface area contributed by atoms with E-state index in [0.717, 1.165) is 12.1 Å². The minimum atomic E-state index is -1.63. The maximum absolute atomic E-state index is 14.4. The second-order valence-electron chi connectivity index (χ2n) is 6.51. The van der Waals surface area contributed by atoms with Gasteiger partial charge in [0, 0.05) is 23.0 Å². The third-order valence-electron chi connectivity index (χ3n) is 4.51. The number of benzene rings is 2. The second-order valence-corrected chi connectivity index (χ2v) is 6.92. The van der Waals surface area contributed by atoms with Gasteiger partial charge in [-0.1, -0.05) is 35.0 Å². The Morgan fingerprint density at radius 2 is 1.74 bits per heavy atom. The fourth-order valence-electron chi connectivity index (χ4n) is 3.04. The summed E-state index contributed by atoms with van der Waals surface area (Å²) in [5.41, 5.74) is 0.846. The lowest BCUT2D eigenvalue weighted by atomic mass is 10.0. The van der Waals surface area contributed by atoms with Crippen molar-refractivity contribution < 1.29 is 22.5 Å². The Morgan fingerprint density at radius 1 is 1.00 bits per heavy atom. The summed E-state index contributed by atoms with van der Waals surface area (Å²) in [7, 11) is 0. The molecule has 0 spiro atoms. The Labute approximate surface area is 179 Å². The molecule has 0 radical (unpaired) electrons. The van der Waals surface area contributed by atoms with Gasteiger partial charge in [-0.15, -0.1) is 0 Å². The first-order valence-corrected chi connectivity index (χ1v) is 9.40. The van der Waals surface area contributed by atoms with Gasteiger partial charge in [0.1, 0.15) is 5.69 Å². The Balaban J connectivity index is 1.75. The summed E-state index contributed by atoms with van der Waals surface area (Å²) in [5, 5.41) is 6.81. The van der Waals surface area contributed by atoms with Crippen molar-refractivity contribution in [1.82, 2.24) is 10.1 Å². The lowest BCUT2D eigenvalue weighted by Gasteiger charge is -2.08. The summed E-state index contributed by atoms with van der Waals surface area (Å²) in [4.78, 5) is 16.5. The van der Waals surface area contributed by atoms with Crippen LogP contribution in [0.1, 0.15) is 5.56 Å². The van der Waals surface area contributed by atoms with E-state index in [2.05, 4.69) is 15.5 Å². The topological polar surface area (TPSA) is 68.0 Å². The molecule has 0 bridgehead atoms. The molecule has 0 aliphatic carbocycles. The van der Waals surface area contributed by atoms with Crippen molar-refractivity contribution in [2.24, 2.45) is 0 Å². The van der Waals surface area contributed by atoms with Crippen molar-refractivity contribution >= 4 is 23.4 Å². The Kier molecular flexibility index (Phi) is 5.73. The summed E-state index contributed by atoms with van der Waals surface area (Å²) in [6, 6.07) is 11.8. The zero-order valence-corrected chi connectivity index (χ0v) is 16.5. The van der Waals surface area contributed by atoms with Crippen LogP contribution >= 0.6 is 11.6 Å². The number of carbonyl (C=O) groups is 1. The predicted octanol–water partition coefficient (Wildman–Crippen LogP) is 5.66. The van der Waals surface area contributed by atoms with E-state index in [1.54, 1.807) is 36.4 Å². The van der Waals surface area contributed by atoms with Crippen molar-refractivity contribution in [3.63, 3.8) is 0 Å². The van der Waals surface area contributed by atoms with E-state index in [9.17, 15) is 18.0 Å². The predicted molar refractivity (Wildman–Crippen MR) is 109 cm³/mol. The first-order chi connectivity index (χ1) is 15.0. The van der Waals surface area contributed by atoms with Gasteiger partial charge in [0.25, 0.3) is 0 Å². The van der Waals surface area contributed by atoms with E-state index in [1.807, 2.05) is 0 Å². The lowest BCUT2D eigenvalue weighted by Crippen LogP contribution is -2.14. The van der Waals surface area contributed by atoms with Gasteiger partial charge in [-0.25, -0.2) is 13.2 Å². The Morgan fingerprint density at radius 3 is 2.48 bits per heavy atom. The zero-order chi connectivity index (χ0) is 22.0. The first kappa shape index (κ1) is 20.6. The van der Waals surface area contributed by atoms with E-state index >= 15 is 0 Å². The molecular weight excluding hydrogens is 431 g/mol. The van der Waals surface area contributed by atoms with Crippen LogP contribution in [0.2, 0.25) is 5.02 Å². The average Bonchev–Trinajstić information content (AvgIpc) is 3.17. The number of halogens is 4. The number of nitrogens with zero attached hydrogens (tertiary/aromatic N) is 2. The van der Waals surface area contributed by atoms with E-state index in [0.29, 0.717) is 16.1 Å². The molecule has 2 aromatic carbocycles. The monoisotopic (exact) mass is 443 g/mol. The lowest BCUT2D eigenvalue weighted by molar-refractivity contribution is -0.115. The molecule has 0 aliphatic heterocycles. The fourth-order valence-corrected chi connectivity index (χ4v) is 3.24. The van der Waals surface area contributed by atoms with E-state index in [4.69, 9.17) is 16.1 Å². The van der Waals surface area contributed by atoms with Crippen LogP contribution in [-0.2, 0) is 11.2 Å². The molecule has 0 fully saturated rings. The van der Waals surface area contributed by atoms with Gasteiger partial charge in [-0.05, 0) is 41.5 Å². The Hall–Kier alpha value is -3.65. The number of pyridine rings is 1. The standard InChI is InChI=1S/C22H13ClF3N3O2/c23-15-4-2-1-3-13(15)11-17(30)28-22-18(12-7-9-27-10-8-12)21(29-31-22)14-5-6-16(24)20(26)19(14)25/h1-10H,11H2,(H,28,30). The van der Waals surface area contributed by atoms with Crippen molar-refractivity contribution in [2.75, 3.05) is 5.32 Å². The molecule has 0 aliphatic rings. The molecule has 0 unspecified atom stereocenters. The average molecular weight is 444 g/mol. The highest BCUT2D eigenvalue weighted by molar-refractivity contribution is 6.31.